The Hall–Kier alpha value is -7.35. The number of rotatable bonds is 14. The van der Waals surface area contributed by atoms with Gasteiger partial charge in [-0.05, 0) is 51.7 Å². The second-order valence-corrected chi connectivity index (χ2v) is 28.1. The van der Waals surface area contributed by atoms with Gasteiger partial charge in [0.25, 0.3) is 0 Å². The fourth-order valence-corrected chi connectivity index (χ4v) is 16.9. The lowest BCUT2D eigenvalue weighted by atomic mass is 9.70. The summed E-state index contributed by atoms with van der Waals surface area (Å²) in [7, 11) is 6.07. The number of Topliss-reactive ketones (excluding diaryl/α,β-unsaturated/α-hetero) is 1. The van der Waals surface area contributed by atoms with Gasteiger partial charge < -0.3 is 83.1 Å². The number of carbonyl (C=O) groups is 6. The minimum absolute atomic E-state index is 0.0123. The van der Waals surface area contributed by atoms with Gasteiger partial charge in [-0.25, -0.2) is 5.43 Å². The van der Waals surface area contributed by atoms with Gasteiger partial charge in [-0.1, -0.05) is 52.0 Å². The number of ether oxygens (including phenoxy) is 10. The van der Waals surface area contributed by atoms with Gasteiger partial charge in [-0.2, -0.15) is 5.10 Å². The van der Waals surface area contributed by atoms with Crippen LogP contribution in [-0.4, -0.2) is 219 Å². The van der Waals surface area contributed by atoms with E-state index in [0.717, 1.165) is 38.8 Å². The van der Waals surface area contributed by atoms with Gasteiger partial charge >= 0.3 is 0 Å². The zero-order chi connectivity index (χ0) is 70.7. The SMILES string of the molecule is COc1cccc2c1C(=O)c1c(O)c3c(c(O)c1C2=O)C[C@@](O)(/C(CO)=N/NC(=O)C(C)C)C[C@@H]3O[C@H]1C[C@H]2[C@H](O[C@@H]3[C@@H](OC)CCCN32)[C@H](C)O1.COc1cccc2c1C(=O)c1c(O)c3c(c(O)c1C2=O)C[C@@](O)(C(=O)C(C)C)C[C@@H]3O[C@H]1C[C@H]2[C@H](O[C@@H]3[C@@H](OC)CCCN32)[C@H](C)O1. The number of aliphatic hydroxyl groups is 3. The Labute approximate surface area is 571 Å². The topological polar surface area (TPSA) is 367 Å². The standard InChI is InChI=1S/C37H45N3O12.C35H41NO11/c1-16(2)35(46)39-38-24(15-41)37(47)13-19-27(33(45)29-28(31(19)43)30(42)18-8-6-9-21(48-4)26(18)32(29)44)23(14-37)51-25-12-20-34(17(3)50-25)52-36-22(49-5)10-7-11-40(20)36;1-15(2)33(41)35(42)13-18-25(31(40)27-26(29(18)38)28(37)17-8-6-9-20(43-4)24(17)30(27)39)22(14-35)46-23-12-19-32(16(3)45-23)47-34-21(44-5)10-7-11-36(19)34/h6,8-9,16-17,20,22-23,25,34,36,41,43,45,47H,7,10-15H2,1-5H3,(H,39,46);6,8-9,15-16,19,21-23,32,34,38,40,42H,7,10-14H2,1-5H3/b38-24+;/t17-,20-,22-,23-,25-,34+,36+,37-;16-,19-,21-,22-,23-,32+,34+,35-/m00/s1. The molecule has 6 heterocycles. The summed E-state index contributed by atoms with van der Waals surface area (Å²) in [5.41, 5.74) is -3.69. The highest BCUT2D eigenvalue weighted by atomic mass is 16.7. The Morgan fingerprint density at radius 1 is 0.596 bits per heavy atom. The van der Waals surface area contributed by atoms with Crippen molar-refractivity contribution in [1.82, 2.24) is 15.2 Å². The molecule has 99 heavy (non-hydrogen) atoms. The summed E-state index contributed by atoms with van der Waals surface area (Å²) >= 11 is 0. The number of nitrogens with zero attached hydrogens (tertiary/aromatic N) is 3. The zero-order valence-corrected chi connectivity index (χ0v) is 56.9. The van der Waals surface area contributed by atoms with Crippen molar-refractivity contribution < 1.29 is 112 Å². The molecule has 14 rings (SSSR count). The normalized spacial score (nSPS) is 32.2. The van der Waals surface area contributed by atoms with Gasteiger partial charge in [-0.15, -0.1) is 0 Å². The summed E-state index contributed by atoms with van der Waals surface area (Å²) in [4.78, 5) is 86.2. The van der Waals surface area contributed by atoms with Crippen LogP contribution in [0.15, 0.2) is 41.5 Å². The average Bonchev–Trinajstić information content (AvgIpc) is 1.61. The van der Waals surface area contributed by atoms with Crippen molar-refractivity contribution in [2.45, 2.75) is 203 Å². The highest BCUT2D eigenvalue weighted by Gasteiger charge is 2.58. The summed E-state index contributed by atoms with van der Waals surface area (Å²) in [5, 5.41) is 86.0. The smallest absolute Gasteiger partial charge is 0.242 e. The van der Waals surface area contributed by atoms with E-state index in [1.807, 2.05) is 13.8 Å². The Kier molecular flexibility index (Phi) is 19.0. The first kappa shape index (κ1) is 70.1. The number of hydrogen-bond donors (Lipinski definition) is 8. The molecule has 10 aliphatic rings. The molecule has 27 nitrogen and oxygen atoms in total. The monoisotopic (exact) mass is 1370 g/mol. The van der Waals surface area contributed by atoms with Crippen LogP contribution in [0.3, 0.4) is 0 Å². The highest BCUT2D eigenvalue weighted by molar-refractivity contribution is 6.32. The molecule has 0 spiro atoms. The molecule has 8 N–H and O–H groups in total. The van der Waals surface area contributed by atoms with Crippen LogP contribution in [0.5, 0.6) is 34.5 Å². The number of carbonyl (C=O) groups excluding carboxylic acids is 6. The summed E-state index contributed by atoms with van der Waals surface area (Å²) in [5.74, 6) is -6.87. The van der Waals surface area contributed by atoms with Crippen molar-refractivity contribution in [1.29, 1.82) is 0 Å². The van der Waals surface area contributed by atoms with E-state index in [2.05, 4.69) is 20.3 Å². The molecule has 0 aromatic heterocycles. The van der Waals surface area contributed by atoms with E-state index in [4.69, 9.17) is 47.4 Å². The van der Waals surface area contributed by atoms with E-state index in [0.29, 0.717) is 12.8 Å². The van der Waals surface area contributed by atoms with Crippen LogP contribution in [0.2, 0.25) is 0 Å². The summed E-state index contributed by atoms with van der Waals surface area (Å²) in [6.07, 6.45) is -3.21. The first-order chi connectivity index (χ1) is 47.2. The number of phenols is 4. The molecule has 0 saturated carbocycles. The molecular weight excluding hydrogens is 1290 g/mol. The second kappa shape index (κ2) is 26.9. The number of hydrogen-bond acceptors (Lipinski definition) is 26. The predicted molar refractivity (Wildman–Crippen MR) is 347 cm³/mol. The van der Waals surface area contributed by atoms with Crippen LogP contribution < -0.4 is 14.9 Å². The maximum Gasteiger partial charge on any atom is 0.242 e. The molecule has 0 unspecified atom stereocenters. The van der Waals surface area contributed by atoms with E-state index in [1.54, 1.807) is 48.0 Å². The molecule has 4 aliphatic carbocycles. The van der Waals surface area contributed by atoms with E-state index in [1.165, 1.54) is 44.6 Å². The number of piperidine rings is 2. The minimum Gasteiger partial charge on any atom is -0.507 e. The number of phenolic OH excluding ortho intramolecular Hbond substituents is 4. The van der Waals surface area contributed by atoms with Crippen molar-refractivity contribution in [3.8, 4) is 34.5 Å². The Morgan fingerprint density at radius 2 is 1.02 bits per heavy atom. The average molecular weight is 1380 g/mol. The number of benzene rings is 4. The number of methoxy groups -OCH3 is 4. The number of aromatic hydroxyl groups is 4. The van der Waals surface area contributed by atoms with E-state index in [-0.39, 0.29) is 147 Å². The Bertz CT molecular complexity index is 3990. The van der Waals surface area contributed by atoms with Crippen molar-refractivity contribution >= 4 is 40.5 Å². The van der Waals surface area contributed by atoms with E-state index in [9.17, 15) is 64.5 Å². The van der Waals surface area contributed by atoms with Crippen LogP contribution in [0.4, 0.5) is 0 Å². The summed E-state index contributed by atoms with van der Waals surface area (Å²) < 4.78 is 60.9. The molecule has 0 radical (unpaired) electrons. The maximum atomic E-state index is 14.1. The van der Waals surface area contributed by atoms with E-state index >= 15 is 0 Å². The molecule has 0 bridgehead atoms. The fraction of sp³-hybridized carbons (Fsp3) is 0.569. The number of amides is 1. The molecule has 4 aromatic carbocycles. The van der Waals surface area contributed by atoms with Crippen LogP contribution >= 0.6 is 0 Å². The summed E-state index contributed by atoms with van der Waals surface area (Å²) in [6, 6.07) is 8.87. The van der Waals surface area contributed by atoms with Crippen LogP contribution in [0.1, 0.15) is 191 Å². The highest BCUT2D eigenvalue weighted by Crippen LogP contribution is 2.56. The zero-order valence-electron chi connectivity index (χ0n) is 56.9. The second-order valence-electron chi connectivity index (χ2n) is 28.1. The number of fused-ring (bicyclic) bond motifs is 12. The minimum atomic E-state index is -2.05. The third-order valence-corrected chi connectivity index (χ3v) is 21.7. The van der Waals surface area contributed by atoms with Crippen molar-refractivity contribution in [3.05, 3.63) is 103 Å². The van der Waals surface area contributed by atoms with Crippen LogP contribution in [-0.2, 0) is 60.3 Å². The molecule has 27 heteroatoms. The molecule has 4 aromatic rings. The van der Waals surface area contributed by atoms with Crippen molar-refractivity contribution in [2.75, 3.05) is 48.1 Å². The Morgan fingerprint density at radius 3 is 1.42 bits per heavy atom. The number of aliphatic hydroxyl groups excluding tert-OH is 1. The quantitative estimate of drug-likeness (QED) is 0.0392. The number of hydrazone groups is 1. The lowest BCUT2D eigenvalue weighted by Crippen LogP contribution is -2.54. The third kappa shape index (κ3) is 11.6. The Balaban J connectivity index is 0.000000179. The lowest BCUT2D eigenvalue weighted by Gasteiger charge is -2.44. The van der Waals surface area contributed by atoms with Gasteiger partial charge in [-0.3, -0.25) is 38.6 Å². The molecular formula is C72H86N4O23. The van der Waals surface area contributed by atoms with Crippen molar-refractivity contribution in [2.24, 2.45) is 16.9 Å². The van der Waals surface area contributed by atoms with Crippen molar-refractivity contribution in [3.63, 3.8) is 0 Å². The fourth-order valence-electron chi connectivity index (χ4n) is 16.9. The maximum absolute atomic E-state index is 14.1. The first-order valence-corrected chi connectivity index (χ1v) is 33.9. The van der Waals surface area contributed by atoms with E-state index < -0.39 is 136 Å². The lowest BCUT2D eigenvalue weighted by molar-refractivity contribution is -0.248. The third-order valence-electron chi connectivity index (χ3n) is 21.7. The first-order valence-electron chi connectivity index (χ1n) is 33.9. The predicted octanol–water partition coefficient (Wildman–Crippen LogP) is 5.26. The van der Waals surface area contributed by atoms with Crippen LogP contribution in [0.25, 0.3) is 0 Å². The molecule has 532 valence electrons. The van der Waals surface area contributed by atoms with Gasteiger partial charge in [0.1, 0.15) is 70.4 Å². The summed E-state index contributed by atoms with van der Waals surface area (Å²) in [6.45, 7) is 11.2. The van der Waals surface area contributed by atoms with Gasteiger partial charge in [0.15, 0.2) is 29.9 Å². The molecule has 6 saturated heterocycles. The number of nitrogens with one attached hydrogen (secondary N) is 1. The molecule has 6 fully saturated rings. The van der Waals surface area contributed by atoms with Gasteiger partial charge in [0.2, 0.25) is 17.5 Å². The van der Waals surface area contributed by atoms with Crippen LogP contribution in [0, 0.1) is 11.8 Å². The molecule has 16 atom stereocenters. The number of ketones is 5. The largest absolute Gasteiger partial charge is 0.507 e. The van der Waals surface area contributed by atoms with Gasteiger partial charge in [0, 0.05) is 123 Å². The molecule has 6 aliphatic heterocycles. The van der Waals surface area contributed by atoms with Gasteiger partial charge in [0.05, 0.1) is 96.5 Å². The molecule has 1 amide bonds.